The van der Waals surface area contributed by atoms with E-state index in [1.165, 1.54) is 0 Å². The molecule has 31 heavy (non-hydrogen) atoms. The summed E-state index contributed by atoms with van der Waals surface area (Å²) in [4.78, 5) is 38.1. The van der Waals surface area contributed by atoms with E-state index in [4.69, 9.17) is 4.74 Å². The van der Waals surface area contributed by atoms with E-state index >= 15 is 0 Å². The molecule has 2 fully saturated rings. The number of hydrogen-bond donors (Lipinski definition) is 3. The van der Waals surface area contributed by atoms with Crippen LogP contribution in [0, 0.1) is 0 Å². The van der Waals surface area contributed by atoms with Crippen LogP contribution in [0.4, 0.5) is 5.69 Å². The highest BCUT2D eigenvalue weighted by molar-refractivity contribution is 6.05. The highest BCUT2D eigenvalue weighted by atomic mass is 16.5. The quantitative estimate of drug-likeness (QED) is 0.611. The second-order valence-electron chi connectivity index (χ2n) is 8.17. The molecule has 3 aliphatic rings. The highest BCUT2D eigenvalue weighted by Crippen LogP contribution is 2.28. The molecule has 160 valence electrons. The van der Waals surface area contributed by atoms with Gasteiger partial charge in [0.2, 0.25) is 11.8 Å². The lowest BCUT2D eigenvalue weighted by atomic mass is 10.0. The van der Waals surface area contributed by atoms with Gasteiger partial charge >= 0.3 is 0 Å². The van der Waals surface area contributed by atoms with Crippen molar-refractivity contribution in [3.8, 4) is 5.75 Å². The minimum Gasteiger partial charge on any atom is -0.488 e. The summed E-state index contributed by atoms with van der Waals surface area (Å²) >= 11 is 0. The SMILES string of the molecule is O=C1CCC(N2Cc3ccc(CNc4ccc(OC5CNC5)cc4)cc3C2=O)C(=O)N1. The maximum absolute atomic E-state index is 12.9. The second kappa shape index (κ2) is 8.03. The largest absolute Gasteiger partial charge is 0.488 e. The lowest BCUT2D eigenvalue weighted by molar-refractivity contribution is -0.136. The van der Waals surface area contributed by atoms with E-state index in [9.17, 15) is 14.4 Å². The Bertz CT molecular complexity index is 1030. The molecule has 3 N–H and O–H groups in total. The van der Waals surface area contributed by atoms with Crippen molar-refractivity contribution < 1.29 is 19.1 Å². The fourth-order valence-electron chi connectivity index (χ4n) is 4.11. The van der Waals surface area contributed by atoms with Crippen molar-refractivity contribution in [3.05, 3.63) is 59.2 Å². The summed E-state index contributed by atoms with van der Waals surface area (Å²) in [5.41, 5.74) is 3.49. The second-order valence-corrected chi connectivity index (χ2v) is 8.17. The Morgan fingerprint density at radius 2 is 1.87 bits per heavy atom. The lowest BCUT2D eigenvalue weighted by Crippen LogP contribution is -2.52. The van der Waals surface area contributed by atoms with E-state index in [2.05, 4.69) is 16.0 Å². The Morgan fingerprint density at radius 3 is 2.58 bits per heavy atom. The van der Waals surface area contributed by atoms with Crippen molar-refractivity contribution in [2.75, 3.05) is 18.4 Å². The maximum atomic E-state index is 12.9. The molecule has 1 atom stereocenters. The van der Waals surface area contributed by atoms with Crippen molar-refractivity contribution in [2.45, 2.75) is 38.1 Å². The molecule has 3 aliphatic heterocycles. The van der Waals surface area contributed by atoms with Gasteiger partial charge in [-0.1, -0.05) is 12.1 Å². The first-order chi connectivity index (χ1) is 15.1. The first-order valence-electron chi connectivity index (χ1n) is 10.5. The van der Waals surface area contributed by atoms with Gasteiger partial charge in [0.05, 0.1) is 0 Å². The first kappa shape index (κ1) is 19.6. The first-order valence-corrected chi connectivity index (χ1v) is 10.5. The van der Waals surface area contributed by atoms with Crippen LogP contribution in [-0.4, -0.2) is 47.9 Å². The van der Waals surface area contributed by atoms with Crippen molar-refractivity contribution in [3.63, 3.8) is 0 Å². The van der Waals surface area contributed by atoms with E-state index in [-0.39, 0.29) is 30.2 Å². The number of fused-ring (bicyclic) bond motifs is 1. The average Bonchev–Trinajstić information content (AvgIpc) is 3.06. The third-order valence-corrected chi connectivity index (χ3v) is 5.99. The molecule has 0 bridgehead atoms. The molecule has 0 spiro atoms. The summed E-state index contributed by atoms with van der Waals surface area (Å²) < 4.78 is 5.82. The van der Waals surface area contributed by atoms with Crippen molar-refractivity contribution >= 4 is 23.4 Å². The number of benzene rings is 2. The van der Waals surface area contributed by atoms with Gasteiger partial charge < -0.3 is 20.3 Å². The summed E-state index contributed by atoms with van der Waals surface area (Å²) in [6.07, 6.45) is 0.880. The van der Waals surface area contributed by atoms with Gasteiger partial charge in [0.15, 0.2) is 0 Å². The third kappa shape index (κ3) is 3.98. The smallest absolute Gasteiger partial charge is 0.255 e. The molecular weight excluding hydrogens is 396 g/mol. The molecule has 0 radical (unpaired) electrons. The molecule has 2 aromatic carbocycles. The number of carbonyl (C=O) groups is 3. The topological polar surface area (TPSA) is 99.8 Å². The van der Waals surface area contributed by atoms with Crippen LogP contribution in [0.2, 0.25) is 0 Å². The van der Waals surface area contributed by atoms with E-state index in [0.717, 1.165) is 35.7 Å². The standard InChI is InChI=1S/C23H24N4O4/c28-21-8-7-20(22(29)26-21)27-13-15-2-1-14(9-19(15)23(27)30)10-25-16-3-5-17(6-4-16)31-18-11-24-12-18/h1-6,9,18,20,24-25H,7-8,10-13H2,(H,26,28,29). The van der Waals surface area contributed by atoms with E-state index < -0.39 is 6.04 Å². The number of carbonyl (C=O) groups excluding carboxylic acids is 3. The molecule has 1 unspecified atom stereocenters. The number of piperidine rings is 1. The summed E-state index contributed by atoms with van der Waals surface area (Å²) in [6, 6.07) is 13.1. The highest BCUT2D eigenvalue weighted by Gasteiger charge is 2.39. The van der Waals surface area contributed by atoms with Gasteiger partial charge in [-0.3, -0.25) is 19.7 Å². The summed E-state index contributed by atoms with van der Waals surface area (Å²) in [5.74, 6) is 0.0331. The number of hydrogen-bond acceptors (Lipinski definition) is 6. The van der Waals surface area contributed by atoms with Crippen molar-refractivity contribution in [2.24, 2.45) is 0 Å². The van der Waals surface area contributed by atoms with Gasteiger partial charge in [-0.2, -0.15) is 0 Å². The van der Waals surface area contributed by atoms with Crippen LogP contribution in [0.25, 0.3) is 0 Å². The predicted octanol–water partition coefficient (Wildman–Crippen LogP) is 1.41. The molecule has 0 aromatic heterocycles. The minimum atomic E-state index is -0.587. The van der Waals surface area contributed by atoms with Gasteiger partial charge in [0.1, 0.15) is 17.9 Å². The summed E-state index contributed by atoms with van der Waals surface area (Å²) in [6.45, 7) is 2.74. The van der Waals surface area contributed by atoms with Gasteiger partial charge in [-0.05, 0) is 47.9 Å². The van der Waals surface area contributed by atoms with Crippen LogP contribution in [0.15, 0.2) is 42.5 Å². The molecule has 0 saturated carbocycles. The molecule has 5 rings (SSSR count). The Labute approximate surface area is 179 Å². The van der Waals surface area contributed by atoms with Gasteiger partial charge in [0.25, 0.3) is 5.91 Å². The van der Waals surface area contributed by atoms with Crippen molar-refractivity contribution in [1.82, 2.24) is 15.5 Å². The Balaban J connectivity index is 1.21. The number of nitrogens with one attached hydrogen (secondary N) is 3. The summed E-state index contributed by atoms with van der Waals surface area (Å²) in [7, 11) is 0. The minimum absolute atomic E-state index is 0.154. The molecule has 0 aliphatic carbocycles. The van der Waals surface area contributed by atoms with Crippen LogP contribution < -0.4 is 20.7 Å². The molecule has 3 heterocycles. The molecule has 2 saturated heterocycles. The number of amides is 3. The average molecular weight is 420 g/mol. The monoisotopic (exact) mass is 420 g/mol. The normalized spacial score (nSPS) is 20.8. The zero-order valence-electron chi connectivity index (χ0n) is 17.0. The molecular formula is C23H24N4O4. The van der Waals surface area contributed by atoms with E-state index in [1.54, 1.807) is 4.90 Å². The fraction of sp³-hybridized carbons (Fsp3) is 0.348. The van der Waals surface area contributed by atoms with Gasteiger partial charge in [0, 0.05) is 43.9 Å². The Morgan fingerprint density at radius 1 is 1.06 bits per heavy atom. The maximum Gasteiger partial charge on any atom is 0.255 e. The van der Waals surface area contributed by atoms with Crippen LogP contribution in [0.1, 0.15) is 34.3 Å². The van der Waals surface area contributed by atoms with Gasteiger partial charge in [-0.15, -0.1) is 0 Å². The van der Waals surface area contributed by atoms with Crippen molar-refractivity contribution in [1.29, 1.82) is 0 Å². The third-order valence-electron chi connectivity index (χ3n) is 5.99. The Hall–Kier alpha value is -3.39. The number of imide groups is 1. The number of anilines is 1. The number of ether oxygens (including phenoxy) is 1. The Kier molecular flexibility index (Phi) is 5.07. The van der Waals surface area contributed by atoms with Crippen LogP contribution >= 0.6 is 0 Å². The number of nitrogens with zero attached hydrogens (tertiary/aromatic N) is 1. The lowest BCUT2D eigenvalue weighted by Gasteiger charge is -2.29. The van der Waals surface area contributed by atoms with Crippen LogP contribution in [-0.2, 0) is 22.7 Å². The van der Waals surface area contributed by atoms with Gasteiger partial charge in [-0.25, -0.2) is 0 Å². The van der Waals surface area contributed by atoms with E-state index in [1.807, 2.05) is 42.5 Å². The zero-order valence-corrected chi connectivity index (χ0v) is 17.0. The molecule has 2 aromatic rings. The van der Waals surface area contributed by atoms with Crippen LogP contribution in [0.3, 0.4) is 0 Å². The van der Waals surface area contributed by atoms with E-state index in [0.29, 0.717) is 25.1 Å². The zero-order chi connectivity index (χ0) is 21.4. The summed E-state index contributed by atoms with van der Waals surface area (Å²) in [5, 5.41) is 8.88. The predicted molar refractivity (Wildman–Crippen MR) is 114 cm³/mol. The molecule has 8 nitrogen and oxygen atoms in total. The number of rotatable bonds is 6. The molecule has 8 heteroatoms. The fourth-order valence-corrected chi connectivity index (χ4v) is 4.11. The molecule has 3 amide bonds. The van der Waals surface area contributed by atoms with Crippen LogP contribution in [0.5, 0.6) is 5.75 Å².